The third kappa shape index (κ3) is 2.50. The molecule has 26 heavy (non-hydrogen) atoms. The summed E-state index contributed by atoms with van der Waals surface area (Å²) in [6, 6.07) is 15.9. The second kappa shape index (κ2) is 6.13. The molecule has 0 aliphatic carbocycles. The van der Waals surface area contributed by atoms with Gasteiger partial charge in [0.2, 0.25) is 0 Å². The second-order valence-electron chi connectivity index (χ2n) is 6.84. The number of carbonyl (C=O) groups excluding carboxylic acids is 1. The maximum Gasteiger partial charge on any atom is 0.261 e. The van der Waals surface area contributed by atoms with Crippen LogP contribution in [-0.4, -0.2) is 29.3 Å². The molecule has 0 N–H and O–H groups in total. The molecule has 2 aliphatic rings. The molecule has 0 fully saturated rings. The molecular weight excluding hydrogens is 412 g/mol. The predicted octanol–water partition coefficient (Wildman–Crippen LogP) is 4.53. The molecule has 2 aromatic rings. The molecule has 0 unspecified atom stereocenters. The summed E-state index contributed by atoms with van der Waals surface area (Å²) in [6.45, 7) is 2.04. The zero-order valence-corrected chi connectivity index (χ0v) is 17.2. The van der Waals surface area contributed by atoms with E-state index in [9.17, 15) is 4.79 Å². The van der Waals surface area contributed by atoms with Gasteiger partial charge < -0.3 is 4.74 Å². The van der Waals surface area contributed by atoms with Crippen LogP contribution in [-0.2, 0) is 15.9 Å². The molecule has 4 rings (SSSR count). The first kappa shape index (κ1) is 17.6. The SMILES string of the molecule is CSC1=N[C@]2(C[C@](C)(c3ccccc3)Oc3ccc(Br)cc32)C(=O)N1C. The molecule has 2 heterocycles. The van der Waals surface area contributed by atoms with E-state index in [4.69, 9.17) is 9.73 Å². The van der Waals surface area contributed by atoms with Gasteiger partial charge >= 0.3 is 0 Å². The van der Waals surface area contributed by atoms with Crippen LogP contribution < -0.4 is 4.74 Å². The highest BCUT2D eigenvalue weighted by Gasteiger charge is 2.57. The summed E-state index contributed by atoms with van der Waals surface area (Å²) < 4.78 is 7.34. The average molecular weight is 431 g/mol. The molecule has 2 aromatic carbocycles. The van der Waals surface area contributed by atoms with Gasteiger partial charge in [0.1, 0.15) is 11.4 Å². The normalized spacial score (nSPS) is 27.3. The number of aliphatic imine (C=N–C) groups is 1. The number of thioether (sulfide) groups is 1. The topological polar surface area (TPSA) is 41.9 Å². The summed E-state index contributed by atoms with van der Waals surface area (Å²) >= 11 is 5.02. The van der Waals surface area contributed by atoms with Crippen LogP contribution in [0.15, 0.2) is 58.0 Å². The molecule has 134 valence electrons. The number of benzene rings is 2. The summed E-state index contributed by atoms with van der Waals surface area (Å²) in [6.07, 6.45) is 2.40. The first-order valence-electron chi connectivity index (χ1n) is 8.36. The largest absolute Gasteiger partial charge is 0.482 e. The Labute approximate surface area is 165 Å². The smallest absolute Gasteiger partial charge is 0.261 e. The van der Waals surface area contributed by atoms with Crippen LogP contribution >= 0.6 is 27.7 Å². The van der Waals surface area contributed by atoms with E-state index in [-0.39, 0.29) is 5.91 Å². The predicted molar refractivity (Wildman–Crippen MR) is 109 cm³/mol. The fourth-order valence-electron chi connectivity index (χ4n) is 3.85. The lowest BCUT2D eigenvalue weighted by atomic mass is 9.74. The van der Waals surface area contributed by atoms with E-state index < -0.39 is 11.1 Å². The number of nitrogens with zero attached hydrogens (tertiary/aromatic N) is 2. The van der Waals surface area contributed by atoms with Crippen LogP contribution in [0.3, 0.4) is 0 Å². The number of carbonyl (C=O) groups is 1. The average Bonchev–Trinajstić information content (AvgIpc) is 2.88. The number of rotatable bonds is 1. The number of amides is 1. The number of amidine groups is 1. The molecule has 1 spiro atoms. The van der Waals surface area contributed by atoms with Crippen LogP contribution in [0.1, 0.15) is 24.5 Å². The minimum atomic E-state index is -0.963. The van der Waals surface area contributed by atoms with E-state index in [0.717, 1.165) is 20.8 Å². The van der Waals surface area contributed by atoms with Crippen molar-refractivity contribution in [1.82, 2.24) is 4.90 Å². The van der Waals surface area contributed by atoms with E-state index >= 15 is 0 Å². The molecular formula is C20H19BrN2O2S. The summed E-state index contributed by atoms with van der Waals surface area (Å²) in [5.74, 6) is 0.699. The van der Waals surface area contributed by atoms with Crippen molar-refractivity contribution in [2.24, 2.45) is 4.99 Å². The van der Waals surface area contributed by atoms with Gasteiger partial charge in [0.25, 0.3) is 5.91 Å². The number of hydrogen-bond donors (Lipinski definition) is 0. The maximum atomic E-state index is 13.4. The van der Waals surface area contributed by atoms with E-state index in [0.29, 0.717) is 12.2 Å². The molecule has 4 nitrogen and oxygen atoms in total. The standard InChI is InChI=1S/C20H19BrN2O2S/c1-19(13-7-5-4-6-8-13)12-20(17(24)23(2)18(22-20)26-3)15-11-14(21)9-10-16(15)25-19/h4-11H,12H2,1-3H3/t19-,20+/m1/s1. The molecule has 0 saturated heterocycles. The zero-order chi connectivity index (χ0) is 18.5. The number of fused-ring (bicyclic) bond motifs is 2. The summed E-state index contributed by atoms with van der Waals surface area (Å²) in [5.41, 5.74) is 0.253. The monoisotopic (exact) mass is 430 g/mol. The van der Waals surface area contributed by atoms with E-state index in [2.05, 4.69) is 15.9 Å². The Hall–Kier alpha value is -1.79. The van der Waals surface area contributed by atoms with Crippen molar-refractivity contribution in [3.05, 3.63) is 64.1 Å². The summed E-state index contributed by atoms with van der Waals surface area (Å²) in [4.78, 5) is 19.9. The van der Waals surface area contributed by atoms with E-state index in [1.807, 2.05) is 61.7 Å². The molecule has 0 saturated carbocycles. The van der Waals surface area contributed by atoms with Gasteiger partial charge in [-0.05, 0) is 36.9 Å². The van der Waals surface area contributed by atoms with Gasteiger partial charge in [0.05, 0.1) is 0 Å². The number of hydrogen-bond acceptors (Lipinski definition) is 4. The van der Waals surface area contributed by atoms with Crippen molar-refractivity contribution in [3.63, 3.8) is 0 Å². The fourth-order valence-corrected chi connectivity index (χ4v) is 4.82. The lowest BCUT2D eigenvalue weighted by Gasteiger charge is -2.43. The van der Waals surface area contributed by atoms with Crippen molar-refractivity contribution in [2.45, 2.75) is 24.5 Å². The van der Waals surface area contributed by atoms with Crippen LogP contribution in [0.25, 0.3) is 0 Å². The molecule has 1 amide bonds. The van der Waals surface area contributed by atoms with E-state index in [1.54, 1.807) is 11.9 Å². The minimum absolute atomic E-state index is 0.00773. The zero-order valence-electron chi connectivity index (χ0n) is 14.8. The van der Waals surface area contributed by atoms with Crippen molar-refractivity contribution >= 4 is 38.8 Å². The Bertz CT molecular complexity index is 917. The van der Waals surface area contributed by atoms with Crippen LogP contribution in [0.4, 0.5) is 0 Å². The van der Waals surface area contributed by atoms with Gasteiger partial charge in [-0.1, -0.05) is 58.0 Å². The molecule has 2 aliphatic heterocycles. The molecule has 6 heteroatoms. The minimum Gasteiger partial charge on any atom is -0.482 e. The van der Waals surface area contributed by atoms with E-state index in [1.165, 1.54) is 11.8 Å². The van der Waals surface area contributed by atoms with Crippen molar-refractivity contribution < 1.29 is 9.53 Å². The van der Waals surface area contributed by atoms with Gasteiger partial charge in [-0.15, -0.1) is 0 Å². The number of likely N-dealkylation sites (N-methyl/N-ethyl adjacent to an activating group) is 1. The Balaban J connectivity index is 1.95. The molecule has 0 bridgehead atoms. The van der Waals surface area contributed by atoms with Crippen molar-refractivity contribution in [3.8, 4) is 5.75 Å². The van der Waals surface area contributed by atoms with Crippen LogP contribution in [0.2, 0.25) is 0 Å². The van der Waals surface area contributed by atoms with Crippen LogP contribution in [0, 0.1) is 0 Å². The lowest BCUT2D eigenvalue weighted by molar-refractivity contribution is -0.134. The number of ether oxygens (including phenoxy) is 1. The summed E-state index contributed by atoms with van der Waals surface area (Å²) in [7, 11) is 1.79. The first-order valence-corrected chi connectivity index (χ1v) is 10.4. The van der Waals surface area contributed by atoms with Crippen molar-refractivity contribution in [2.75, 3.05) is 13.3 Å². The van der Waals surface area contributed by atoms with Gasteiger partial charge in [-0.3, -0.25) is 9.69 Å². The third-order valence-electron chi connectivity index (χ3n) is 5.11. The quantitative estimate of drug-likeness (QED) is 0.666. The van der Waals surface area contributed by atoms with Gasteiger partial charge in [-0.25, -0.2) is 4.99 Å². The number of halogens is 1. The third-order valence-corrected chi connectivity index (χ3v) is 6.34. The Kier molecular flexibility index (Phi) is 4.15. The highest BCUT2D eigenvalue weighted by Crippen LogP contribution is 2.53. The van der Waals surface area contributed by atoms with Gasteiger partial charge in [0, 0.05) is 23.5 Å². The Morgan fingerprint density at radius 2 is 1.96 bits per heavy atom. The molecule has 0 aromatic heterocycles. The molecule has 2 atom stereocenters. The fraction of sp³-hybridized carbons (Fsp3) is 0.300. The Morgan fingerprint density at radius 3 is 2.62 bits per heavy atom. The van der Waals surface area contributed by atoms with Gasteiger partial charge in [-0.2, -0.15) is 0 Å². The highest BCUT2D eigenvalue weighted by atomic mass is 79.9. The van der Waals surface area contributed by atoms with Crippen LogP contribution in [0.5, 0.6) is 5.75 Å². The lowest BCUT2D eigenvalue weighted by Crippen LogP contribution is -2.48. The second-order valence-corrected chi connectivity index (χ2v) is 8.53. The molecule has 0 radical (unpaired) electrons. The Morgan fingerprint density at radius 1 is 1.23 bits per heavy atom. The van der Waals surface area contributed by atoms with Crippen molar-refractivity contribution in [1.29, 1.82) is 0 Å². The van der Waals surface area contributed by atoms with Gasteiger partial charge in [0.15, 0.2) is 10.7 Å². The highest BCUT2D eigenvalue weighted by molar-refractivity contribution is 9.10. The summed E-state index contributed by atoms with van der Waals surface area (Å²) in [5, 5.41) is 0.734. The first-order chi connectivity index (χ1) is 12.4. The maximum absolute atomic E-state index is 13.4.